The van der Waals surface area contributed by atoms with Gasteiger partial charge >= 0.3 is 6.09 Å². The van der Waals surface area contributed by atoms with Crippen LogP contribution < -0.4 is 20.1 Å². The van der Waals surface area contributed by atoms with E-state index in [9.17, 15) is 14.4 Å². The summed E-state index contributed by atoms with van der Waals surface area (Å²) in [5.41, 5.74) is 0.345. The van der Waals surface area contributed by atoms with Gasteiger partial charge in [-0.25, -0.2) is 4.79 Å². The van der Waals surface area contributed by atoms with Crippen LogP contribution in [0.3, 0.4) is 0 Å². The van der Waals surface area contributed by atoms with Gasteiger partial charge in [0.1, 0.15) is 17.1 Å². The van der Waals surface area contributed by atoms with Crippen LogP contribution in [0.2, 0.25) is 0 Å². The Bertz CT molecular complexity index is 821. The maximum atomic E-state index is 12.8. The Morgan fingerprint density at radius 2 is 1.82 bits per heavy atom. The lowest BCUT2D eigenvalue weighted by Gasteiger charge is -2.32. The number of alkyl carbamates (subject to hydrolysis) is 1. The number of aryl methyl sites for hydroxylation is 1. The molecule has 1 unspecified atom stereocenters. The van der Waals surface area contributed by atoms with E-state index >= 15 is 0 Å². The lowest BCUT2D eigenvalue weighted by atomic mass is 9.96. The van der Waals surface area contributed by atoms with Crippen LogP contribution in [0.25, 0.3) is 0 Å². The van der Waals surface area contributed by atoms with E-state index < -0.39 is 11.7 Å². The fraction of sp³-hybridized carbons (Fsp3) is 0.625. The van der Waals surface area contributed by atoms with Gasteiger partial charge in [-0.3, -0.25) is 9.59 Å². The lowest BCUT2D eigenvalue weighted by Crippen LogP contribution is -2.46. The zero-order valence-electron chi connectivity index (χ0n) is 20.4. The molecular weight excluding hydrogens is 426 g/mol. The molecule has 0 radical (unpaired) electrons. The predicted molar refractivity (Wildman–Crippen MR) is 124 cm³/mol. The van der Waals surface area contributed by atoms with Crippen molar-refractivity contribution in [3.05, 3.63) is 23.8 Å². The molecule has 0 spiro atoms. The van der Waals surface area contributed by atoms with E-state index in [1.807, 2.05) is 18.2 Å². The van der Waals surface area contributed by atoms with E-state index in [0.29, 0.717) is 38.2 Å². The molecule has 1 fully saturated rings. The molecule has 1 saturated heterocycles. The first-order valence-electron chi connectivity index (χ1n) is 11.4. The van der Waals surface area contributed by atoms with Crippen molar-refractivity contribution < 1.29 is 28.6 Å². The molecule has 1 heterocycles. The molecule has 1 aliphatic rings. The minimum absolute atomic E-state index is 0.0176. The first kappa shape index (κ1) is 26.3. The van der Waals surface area contributed by atoms with E-state index in [2.05, 4.69) is 10.6 Å². The Kier molecular flexibility index (Phi) is 9.81. The molecule has 2 rings (SSSR count). The van der Waals surface area contributed by atoms with E-state index in [1.54, 1.807) is 39.9 Å². The molecule has 0 aliphatic carbocycles. The Balaban J connectivity index is 1.78. The summed E-state index contributed by atoms with van der Waals surface area (Å²) in [7, 11) is 3.20. The average molecular weight is 464 g/mol. The second-order valence-corrected chi connectivity index (χ2v) is 9.08. The fourth-order valence-electron chi connectivity index (χ4n) is 3.70. The number of amides is 3. The van der Waals surface area contributed by atoms with Crippen molar-refractivity contribution >= 4 is 17.9 Å². The van der Waals surface area contributed by atoms with Crippen LogP contribution >= 0.6 is 0 Å². The van der Waals surface area contributed by atoms with Gasteiger partial charge in [0.25, 0.3) is 0 Å². The molecule has 9 nitrogen and oxygen atoms in total. The minimum atomic E-state index is -0.566. The normalized spacial score (nSPS) is 16.0. The van der Waals surface area contributed by atoms with Crippen LogP contribution in [0.5, 0.6) is 11.5 Å². The zero-order chi connectivity index (χ0) is 24.4. The highest BCUT2D eigenvalue weighted by Gasteiger charge is 2.28. The summed E-state index contributed by atoms with van der Waals surface area (Å²) >= 11 is 0. The van der Waals surface area contributed by atoms with E-state index in [1.165, 1.54) is 0 Å². The molecule has 3 amide bonds. The number of likely N-dealkylation sites (tertiary alicyclic amines) is 1. The second-order valence-electron chi connectivity index (χ2n) is 9.08. The quantitative estimate of drug-likeness (QED) is 0.545. The van der Waals surface area contributed by atoms with Gasteiger partial charge in [0, 0.05) is 32.6 Å². The number of ether oxygens (including phenoxy) is 3. The third kappa shape index (κ3) is 8.82. The molecule has 0 saturated carbocycles. The Morgan fingerprint density at radius 1 is 1.09 bits per heavy atom. The summed E-state index contributed by atoms with van der Waals surface area (Å²) in [6, 6.07) is 5.53. The monoisotopic (exact) mass is 463 g/mol. The van der Waals surface area contributed by atoms with Gasteiger partial charge in [0.05, 0.1) is 20.1 Å². The van der Waals surface area contributed by atoms with Crippen LogP contribution in [0.4, 0.5) is 4.79 Å². The number of carbonyl (C=O) groups excluding carboxylic acids is 3. The minimum Gasteiger partial charge on any atom is -0.497 e. The molecule has 1 aromatic carbocycles. The fourth-order valence-corrected chi connectivity index (χ4v) is 3.70. The van der Waals surface area contributed by atoms with E-state index in [4.69, 9.17) is 14.2 Å². The SMILES string of the molecule is COc1ccc(OC)c(CCC(=O)N2CCCC(C(=O)NCCNC(=O)OC(C)(C)C)C2)c1. The van der Waals surface area contributed by atoms with Crippen LogP contribution in [-0.4, -0.2) is 68.8 Å². The average Bonchev–Trinajstić information content (AvgIpc) is 2.78. The van der Waals surface area contributed by atoms with Crippen molar-refractivity contribution in [1.29, 1.82) is 0 Å². The van der Waals surface area contributed by atoms with Crippen LogP contribution in [0.15, 0.2) is 18.2 Å². The number of nitrogens with zero attached hydrogens (tertiary/aromatic N) is 1. The molecule has 9 heteroatoms. The Labute approximate surface area is 196 Å². The van der Waals surface area contributed by atoms with Crippen molar-refractivity contribution in [3.8, 4) is 11.5 Å². The molecule has 0 bridgehead atoms. The number of rotatable bonds is 9. The van der Waals surface area contributed by atoms with Crippen LogP contribution in [0, 0.1) is 5.92 Å². The number of hydrogen-bond donors (Lipinski definition) is 2. The van der Waals surface area contributed by atoms with Crippen molar-refractivity contribution in [2.24, 2.45) is 5.92 Å². The molecule has 1 aliphatic heterocycles. The Morgan fingerprint density at radius 3 is 2.48 bits per heavy atom. The Hall–Kier alpha value is -2.97. The first-order valence-corrected chi connectivity index (χ1v) is 11.4. The maximum Gasteiger partial charge on any atom is 0.407 e. The number of carbonyl (C=O) groups is 3. The molecule has 33 heavy (non-hydrogen) atoms. The highest BCUT2D eigenvalue weighted by molar-refractivity contribution is 5.81. The van der Waals surface area contributed by atoms with Gasteiger partial charge in [-0.1, -0.05) is 0 Å². The summed E-state index contributed by atoms with van der Waals surface area (Å²) in [6.07, 6.45) is 1.86. The van der Waals surface area contributed by atoms with Crippen LogP contribution in [0.1, 0.15) is 45.6 Å². The number of methoxy groups -OCH3 is 2. The summed E-state index contributed by atoms with van der Waals surface area (Å²) in [5.74, 6) is 1.10. The van der Waals surface area contributed by atoms with Crippen molar-refractivity contribution in [2.75, 3.05) is 40.4 Å². The van der Waals surface area contributed by atoms with Crippen molar-refractivity contribution in [1.82, 2.24) is 15.5 Å². The maximum absolute atomic E-state index is 12.8. The van der Waals surface area contributed by atoms with Gasteiger partial charge < -0.3 is 29.7 Å². The number of hydrogen-bond acceptors (Lipinski definition) is 6. The smallest absolute Gasteiger partial charge is 0.407 e. The largest absolute Gasteiger partial charge is 0.497 e. The van der Waals surface area contributed by atoms with Gasteiger partial charge in [-0.15, -0.1) is 0 Å². The zero-order valence-corrected chi connectivity index (χ0v) is 20.4. The number of benzene rings is 1. The van der Waals surface area contributed by atoms with E-state index in [0.717, 1.165) is 24.2 Å². The third-order valence-electron chi connectivity index (χ3n) is 5.33. The molecule has 0 aromatic heterocycles. The van der Waals surface area contributed by atoms with Crippen molar-refractivity contribution in [3.63, 3.8) is 0 Å². The molecule has 2 N–H and O–H groups in total. The summed E-state index contributed by atoms with van der Waals surface area (Å²) < 4.78 is 15.8. The summed E-state index contributed by atoms with van der Waals surface area (Å²) in [4.78, 5) is 38.8. The van der Waals surface area contributed by atoms with Crippen LogP contribution in [-0.2, 0) is 20.7 Å². The van der Waals surface area contributed by atoms with Gasteiger partial charge in [0.2, 0.25) is 11.8 Å². The topological polar surface area (TPSA) is 106 Å². The second kappa shape index (κ2) is 12.3. The molecule has 1 aromatic rings. The molecule has 1 atom stereocenters. The summed E-state index contributed by atoms with van der Waals surface area (Å²) in [6.45, 7) is 7.00. The molecular formula is C24H37N3O6. The number of nitrogens with one attached hydrogen (secondary N) is 2. The molecule has 184 valence electrons. The first-order chi connectivity index (χ1) is 15.6. The highest BCUT2D eigenvalue weighted by atomic mass is 16.6. The standard InChI is InChI=1S/C24H37N3O6/c1-24(2,3)33-23(30)26-13-12-25-22(29)18-7-6-14-27(16-18)21(28)11-8-17-15-19(31-4)9-10-20(17)32-5/h9-10,15,18H,6-8,11-14,16H2,1-5H3,(H,25,29)(H,26,30). The van der Waals surface area contributed by atoms with Gasteiger partial charge in [-0.2, -0.15) is 0 Å². The van der Waals surface area contributed by atoms with Crippen molar-refractivity contribution in [2.45, 2.75) is 52.1 Å². The van der Waals surface area contributed by atoms with Gasteiger partial charge in [-0.05, 0) is 63.8 Å². The van der Waals surface area contributed by atoms with Gasteiger partial charge in [0.15, 0.2) is 0 Å². The summed E-state index contributed by atoms with van der Waals surface area (Å²) in [5, 5.41) is 5.45. The lowest BCUT2D eigenvalue weighted by molar-refractivity contribution is -0.135. The highest BCUT2D eigenvalue weighted by Crippen LogP contribution is 2.26. The predicted octanol–water partition coefficient (Wildman–Crippen LogP) is 2.52. The number of piperidine rings is 1. The van der Waals surface area contributed by atoms with E-state index in [-0.39, 0.29) is 24.3 Å². The third-order valence-corrected chi connectivity index (χ3v) is 5.33.